The predicted octanol–water partition coefficient (Wildman–Crippen LogP) is 4.47. The molecule has 5 nitrogen and oxygen atoms in total. The molecule has 2 aliphatic rings. The molecule has 0 spiro atoms. The summed E-state index contributed by atoms with van der Waals surface area (Å²) in [7, 11) is 2.27. The number of hydrogen-bond acceptors (Lipinski definition) is 3. The van der Waals surface area contributed by atoms with E-state index in [9.17, 15) is 4.79 Å². The molecule has 3 aromatic carbocycles. The van der Waals surface area contributed by atoms with Crippen LogP contribution in [0.4, 0.5) is 0 Å². The van der Waals surface area contributed by atoms with Crippen LogP contribution in [0.15, 0.2) is 79.0 Å². The van der Waals surface area contributed by atoms with Crippen molar-refractivity contribution in [1.82, 2.24) is 9.88 Å². The first kappa shape index (κ1) is 20.5. The normalized spacial score (nSPS) is 19.9. The van der Waals surface area contributed by atoms with Gasteiger partial charge in [-0.05, 0) is 47.4 Å². The zero-order chi connectivity index (χ0) is 22.2. The van der Waals surface area contributed by atoms with E-state index in [0.717, 1.165) is 13.0 Å². The Labute approximate surface area is 186 Å². The first-order valence-corrected chi connectivity index (χ1v) is 10.9. The second kappa shape index (κ2) is 8.26. The maximum Gasteiger partial charge on any atom is 0.337 e. The highest BCUT2D eigenvalue weighted by Crippen LogP contribution is 2.45. The van der Waals surface area contributed by atoms with Gasteiger partial charge in [-0.1, -0.05) is 66.7 Å². The summed E-state index contributed by atoms with van der Waals surface area (Å²) in [4.78, 5) is 16.2. The lowest BCUT2D eigenvalue weighted by Gasteiger charge is -2.43. The summed E-state index contributed by atoms with van der Waals surface area (Å²) in [5.41, 5.74) is 7.68. The van der Waals surface area contributed by atoms with Crippen LogP contribution in [0.25, 0.3) is 10.9 Å². The van der Waals surface area contributed by atoms with Crippen molar-refractivity contribution in [2.45, 2.75) is 31.0 Å². The van der Waals surface area contributed by atoms with Crippen molar-refractivity contribution in [3.63, 3.8) is 0 Å². The lowest BCUT2D eigenvalue weighted by molar-refractivity contribution is -0.146. The molecule has 0 unspecified atom stereocenters. The summed E-state index contributed by atoms with van der Waals surface area (Å²) in [5, 5.41) is 18.8. The smallest absolute Gasteiger partial charge is 0.337 e. The number of H-pyrrole nitrogens is 1. The molecule has 0 fully saturated rings. The van der Waals surface area contributed by atoms with E-state index in [1.165, 1.54) is 33.2 Å². The van der Waals surface area contributed by atoms with Gasteiger partial charge in [-0.15, -0.1) is 0 Å². The molecule has 0 saturated heterocycles. The molecule has 0 saturated carbocycles. The van der Waals surface area contributed by atoms with Crippen LogP contribution >= 0.6 is 0 Å². The highest BCUT2D eigenvalue weighted by atomic mass is 16.4. The number of aliphatic carboxylic acids is 1. The van der Waals surface area contributed by atoms with Crippen molar-refractivity contribution >= 4 is 16.9 Å². The Morgan fingerprint density at radius 3 is 2.47 bits per heavy atom. The molecule has 1 aromatic heterocycles. The fraction of sp³-hybridized carbons (Fsp3) is 0.222. The third kappa shape index (κ3) is 3.49. The summed E-state index contributed by atoms with van der Waals surface area (Å²) >= 11 is 0. The molecule has 6 rings (SSSR count). The topological polar surface area (TPSA) is 76.6 Å². The van der Waals surface area contributed by atoms with Gasteiger partial charge >= 0.3 is 5.97 Å². The van der Waals surface area contributed by atoms with Crippen molar-refractivity contribution in [1.29, 1.82) is 0 Å². The third-order valence-corrected chi connectivity index (χ3v) is 6.69. The van der Waals surface area contributed by atoms with Crippen molar-refractivity contribution < 1.29 is 15.0 Å². The molecule has 5 heteroatoms. The largest absolute Gasteiger partial charge is 0.479 e. The maximum atomic E-state index is 10.2. The van der Waals surface area contributed by atoms with E-state index in [1.807, 2.05) is 0 Å². The molecule has 32 heavy (non-hydrogen) atoms. The van der Waals surface area contributed by atoms with Crippen molar-refractivity contribution in [2.75, 3.05) is 7.05 Å². The molecular formula is C27H26N2O3. The zero-order valence-corrected chi connectivity index (χ0v) is 17.9. The van der Waals surface area contributed by atoms with Gasteiger partial charge in [0.1, 0.15) is 0 Å². The lowest BCUT2D eigenvalue weighted by atomic mass is 9.72. The monoisotopic (exact) mass is 426 g/mol. The quantitative estimate of drug-likeness (QED) is 0.442. The van der Waals surface area contributed by atoms with E-state index in [2.05, 4.69) is 65.6 Å². The minimum atomic E-state index is -1.41. The summed E-state index contributed by atoms with van der Waals surface area (Å²) in [5.74, 6) is -0.719. The van der Waals surface area contributed by atoms with Crippen molar-refractivity contribution in [2.24, 2.45) is 0 Å². The van der Waals surface area contributed by atoms with Gasteiger partial charge in [-0.3, -0.25) is 4.90 Å². The lowest BCUT2D eigenvalue weighted by Crippen LogP contribution is -2.44. The molecule has 0 amide bonds. The summed E-state index contributed by atoms with van der Waals surface area (Å²) in [6.07, 6.45) is 1.95. The highest BCUT2D eigenvalue weighted by molar-refractivity contribution is 5.89. The second-order valence-electron chi connectivity index (χ2n) is 8.60. The van der Waals surface area contributed by atoms with Crippen molar-refractivity contribution in [3.8, 4) is 0 Å². The van der Waals surface area contributed by atoms with Crippen LogP contribution in [0, 0.1) is 0 Å². The number of hydrogen-bond donors (Lipinski definition) is 3. The number of benzene rings is 3. The van der Waals surface area contributed by atoms with E-state index in [0.29, 0.717) is 17.5 Å². The zero-order valence-electron chi connectivity index (χ0n) is 17.9. The Morgan fingerprint density at radius 2 is 1.69 bits per heavy atom. The molecule has 0 radical (unpaired) electrons. The number of aromatic nitrogens is 1. The molecule has 3 atom stereocenters. The van der Waals surface area contributed by atoms with Gasteiger partial charge in [-0.25, -0.2) is 4.79 Å². The van der Waals surface area contributed by atoms with Crippen LogP contribution in [0.1, 0.15) is 39.8 Å². The number of fused-ring (bicyclic) bond motifs is 4. The van der Waals surface area contributed by atoms with Gasteiger partial charge < -0.3 is 15.2 Å². The number of carboxylic acids is 1. The minimum Gasteiger partial charge on any atom is -0.479 e. The van der Waals surface area contributed by atoms with Crippen LogP contribution in [0.3, 0.4) is 0 Å². The number of carbonyl (C=O) groups is 1. The van der Waals surface area contributed by atoms with Crippen LogP contribution in [-0.2, 0) is 17.8 Å². The summed E-state index contributed by atoms with van der Waals surface area (Å²) in [6, 6.07) is 24.5. The number of aromatic amines is 1. The summed E-state index contributed by atoms with van der Waals surface area (Å²) < 4.78 is 0. The standard InChI is InChI=1S/C19H18N2.C8H8O3/c1-21-11-12-5-2-3-6-14(12)19-15-7-4-8-16-18(15)13(10-20-16)9-17(19)21;9-7(8(10)11)6-4-2-1-3-5-6/h2-8,10,17,19-20H,9,11H2,1H3;1-5,7,9H,(H,10,11)/t17-,19-;7-/m11/s1. The average molecular weight is 427 g/mol. The van der Waals surface area contributed by atoms with Crippen molar-refractivity contribution in [3.05, 3.63) is 107 Å². The third-order valence-electron chi connectivity index (χ3n) is 6.69. The molecule has 0 bridgehead atoms. The van der Waals surface area contributed by atoms with Gasteiger partial charge in [0, 0.05) is 35.6 Å². The Bertz CT molecular complexity index is 1260. The molecule has 2 heterocycles. The molecule has 3 N–H and O–H groups in total. The van der Waals surface area contributed by atoms with Gasteiger partial charge in [0.05, 0.1) is 0 Å². The molecule has 1 aliphatic heterocycles. The molecule has 1 aliphatic carbocycles. The molecule has 4 aromatic rings. The Morgan fingerprint density at radius 1 is 0.969 bits per heavy atom. The number of rotatable bonds is 2. The number of nitrogens with one attached hydrogen (secondary N) is 1. The number of nitrogens with zero attached hydrogens (tertiary/aromatic N) is 1. The van der Waals surface area contributed by atoms with Gasteiger partial charge in [0.2, 0.25) is 0 Å². The molecular weight excluding hydrogens is 400 g/mol. The fourth-order valence-electron chi connectivity index (χ4n) is 5.19. The van der Waals surface area contributed by atoms with E-state index in [1.54, 1.807) is 30.3 Å². The average Bonchev–Trinajstić information content (AvgIpc) is 3.24. The van der Waals surface area contributed by atoms with E-state index in [-0.39, 0.29) is 0 Å². The maximum absolute atomic E-state index is 10.2. The van der Waals surface area contributed by atoms with Crippen LogP contribution < -0.4 is 0 Å². The molecule has 162 valence electrons. The van der Waals surface area contributed by atoms with Crippen LogP contribution in [0.5, 0.6) is 0 Å². The Balaban J connectivity index is 0.000000168. The first-order chi connectivity index (χ1) is 15.5. The van der Waals surface area contributed by atoms with Gasteiger partial charge in [0.15, 0.2) is 6.10 Å². The van der Waals surface area contributed by atoms with Gasteiger partial charge in [0.25, 0.3) is 0 Å². The minimum absolute atomic E-state index is 0.403. The Hall–Kier alpha value is -3.41. The first-order valence-electron chi connectivity index (χ1n) is 10.9. The summed E-state index contributed by atoms with van der Waals surface area (Å²) in [6.45, 7) is 1.06. The van der Waals surface area contributed by atoms with Crippen LogP contribution in [-0.4, -0.2) is 39.2 Å². The van der Waals surface area contributed by atoms with E-state index in [4.69, 9.17) is 10.2 Å². The van der Waals surface area contributed by atoms with E-state index < -0.39 is 12.1 Å². The second-order valence-corrected chi connectivity index (χ2v) is 8.60. The highest BCUT2D eigenvalue weighted by Gasteiger charge is 2.38. The fourth-order valence-corrected chi connectivity index (χ4v) is 5.19. The SMILES string of the molecule is CN1Cc2ccccc2[C@@H]2c3cccc4[nH]cc(c34)C[C@H]21.O=C(O)[C@H](O)c1ccccc1. The van der Waals surface area contributed by atoms with Crippen LogP contribution in [0.2, 0.25) is 0 Å². The Kier molecular flexibility index (Phi) is 5.29. The number of likely N-dealkylation sites (N-methyl/N-ethyl adjacent to an activating group) is 1. The number of aliphatic hydroxyl groups is 1. The predicted molar refractivity (Wildman–Crippen MR) is 125 cm³/mol. The van der Waals surface area contributed by atoms with E-state index >= 15 is 0 Å². The van der Waals surface area contributed by atoms with Gasteiger partial charge in [-0.2, -0.15) is 0 Å². The number of carboxylic acid groups (broad SMARTS) is 1. The number of aliphatic hydroxyl groups excluding tert-OH is 1.